The summed E-state index contributed by atoms with van der Waals surface area (Å²) < 4.78 is 0. The van der Waals surface area contributed by atoms with Crippen LogP contribution in [0.15, 0.2) is 11.4 Å². The van der Waals surface area contributed by atoms with E-state index in [0.29, 0.717) is 29.4 Å². The van der Waals surface area contributed by atoms with Gasteiger partial charge < -0.3 is 5.32 Å². The second-order valence-corrected chi connectivity index (χ2v) is 6.52. The minimum atomic E-state index is 0.233. The number of rotatable bonds is 3. The molecular weight excluding hydrogens is 254 g/mol. The van der Waals surface area contributed by atoms with Crippen molar-refractivity contribution in [2.75, 3.05) is 0 Å². The van der Waals surface area contributed by atoms with Crippen molar-refractivity contribution < 1.29 is 4.79 Å². The highest BCUT2D eigenvalue weighted by atomic mass is 35.5. The third-order valence-corrected chi connectivity index (χ3v) is 5.30. The van der Waals surface area contributed by atoms with E-state index >= 15 is 0 Å². The summed E-state index contributed by atoms with van der Waals surface area (Å²) in [5, 5.41) is 6.12. The largest absolute Gasteiger partial charge is 0.311 e. The van der Waals surface area contributed by atoms with Gasteiger partial charge in [-0.2, -0.15) is 0 Å². The van der Waals surface area contributed by atoms with Crippen LogP contribution in [0.1, 0.15) is 41.8 Å². The molecule has 2 aliphatic heterocycles. The molecule has 2 aliphatic rings. The molecule has 1 aromatic rings. The summed E-state index contributed by atoms with van der Waals surface area (Å²) in [5.74, 6) is 0.788. The monoisotopic (exact) mass is 269 g/mol. The molecule has 4 heteroatoms. The maximum absolute atomic E-state index is 12.1. The van der Waals surface area contributed by atoms with Crippen LogP contribution in [0.3, 0.4) is 0 Å². The van der Waals surface area contributed by atoms with Crippen LogP contribution in [-0.2, 0) is 0 Å². The van der Waals surface area contributed by atoms with Crippen molar-refractivity contribution in [2.24, 2.45) is 5.92 Å². The quantitative estimate of drug-likeness (QED) is 0.851. The van der Waals surface area contributed by atoms with Crippen molar-refractivity contribution in [1.82, 2.24) is 5.32 Å². The van der Waals surface area contributed by atoms with Crippen LogP contribution < -0.4 is 5.32 Å². The lowest BCUT2D eigenvalue weighted by atomic mass is 9.88. The number of hydrogen-bond donors (Lipinski definition) is 1. The Labute approximate surface area is 110 Å². The van der Waals surface area contributed by atoms with Gasteiger partial charge in [0.25, 0.3) is 0 Å². The topological polar surface area (TPSA) is 29.1 Å². The summed E-state index contributed by atoms with van der Waals surface area (Å²) in [4.78, 5) is 12.9. The summed E-state index contributed by atoms with van der Waals surface area (Å²) in [6.07, 6.45) is 5.57. The average Bonchev–Trinajstić information content (AvgIpc) is 2.85. The van der Waals surface area contributed by atoms with E-state index < -0.39 is 0 Å². The number of nitrogens with one attached hydrogen (secondary N) is 1. The zero-order valence-corrected chi connectivity index (χ0v) is 11.2. The first-order valence-electron chi connectivity index (χ1n) is 6.24. The van der Waals surface area contributed by atoms with E-state index in [1.54, 1.807) is 0 Å². The Balaban J connectivity index is 1.64. The van der Waals surface area contributed by atoms with Gasteiger partial charge in [0.2, 0.25) is 0 Å². The highest BCUT2D eigenvalue weighted by Crippen LogP contribution is 2.34. The summed E-state index contributed by atoms with van der Waals surface area (Å²) in [5.41, 5.74) is 0. The zero-order valence-electron chi connectivity index (χ0n) is 9.62. The van der Waals surface area contributed by atoms with Gasteiger partial charge in [-0.1, -0.05) is 11.6 Å². The Morgan fingerprint density at radius 1 is 1.41 bits per heavy atom. The van der Waals surface area contributed by atoms with Gasteiger partial charge in [0.05, 0.1) is 9.90 Å². The molecule has 2 fully saturated rings. The van der Waals surface area contributed by atoms with Crippen molar-refractivity contribution in [3.05, 3.63) is 21.3 Å². The van der Waals surface area contributed by atoms with Crippen molar-refractivity contribution >= 4 is 28.7 Å². The van der Waals surface area contributed by atoms with Crippen molar-refractivity contribution in [3.8, 4) is 0 Å². The fourth-order valence-corrected chi connectivity index (χ4v) is 4.30. The molecule has 92 valence electrons. The van der Waals surface area contributed by atoms with E-state index in [-0.39, 0.29) is 5.78 Å². The number of hydrogen-bond acceptors (Lipinski definition) is 3. The molecule has 2 saturated heterocycles. The second-order valence-electron chi connectivity index (χ2n) is 5.20. The predicted octanol–water partition coefficient (Wildman–Crippen LogP) is 3.50. The van der Waals surface area contributed by atoms with Crippen LogP contribution in [0.4, 0.5) is 0 Å². The van der Waals surface area contributed by atoms with E-state index in [2.05, 4.69) is 5.32 Å². The minimum absolute atomic E-state index is 0.233. The first-order valence-corrected chi connectivity index (χ1v) is 7.50. The van der Waals surface area contributed by atoms with Gasteiger partial charge in [-0.15, -0.1) is 11.3 Å². The van der Waals surface area contributed by atoms with Gasteiger partial charge in [-0.25, -0.2) is 0 Å². The lowest BCUT2D eigenvalue weighted by molar-refractivity contribution is 0.0949. The summed E-state index contributed by atoms with van der Waals surface area (Å²) >= 11 is 7.47. The molecule has 0 spiro atoms. The summed E-state index contributed by atoms with van der Waals surface area (Å²) in [7, 11) is 0. The molecule has 2 nitrogen and oxygen atoms in total. The van der Waals surface area contributed by atoms with E-state index in [1.807, 2.05) is 11.4 Å². The van der Waals surface area contributed by atoms with Crippen molar-refractivity contribution in [2.45, 2.75) is 44.2 Å². The number of carbonyl (C=O) groups is 1. The average molecular weight is 270 g/mol. The molecule has 0 aromatic carbocycles. The third kappa shape index (κ3) is 2.42. The Kier molecular flexibility index (Phi) is 3.24. The molecule has 3 rings (SSSR count). The molecule has 2 unspecified atom stereocenters. The highest BCUT2D eigenvalue weighted by molar-refractivity contribution is 7.12. The van der Waals surface area contributed by atoms with Crippen molar-refractivity contribution in [1.29, 1.82) is 0 Å². The third-order valence-electron chi connectivity index (χ3n) is 3.92. The molecule has 2 bridgehead atoms. The molecule has 0 radical (unpaired) electrons. The lowest BCUT2D eigenvalue weighted by Crippen LogP contribution is -2.38. The summed E-state index contributed by atoms with van der Waals surface area (Å²) in [6, 6.07) is 3.13. The van der Waals surface area contributed by atoms with E-state index in [4.69, 9.17) is 11.6 Å². The van der Waals surface area contributed by atoms with Gasteiger partial charge in [0, 0.05) is 18.5 Å². The van der Waals surface area contributed by atoms with Gasteiger partial charge in [-0.05, 0) is 43.0 Å². The maximum Gasteiger partial charge on any atom is 0.174 e. The van der Waals surface area contributed by atoms with Gasteiger partial charge in [0.15, 0.2) is 5.78 Å². The molecular formula is C13H16ClNOS. The van der Waals surface area contributed by atoms with E-state index in [0.717, 1.165) is 17.7 Å². The van der Waals surface area contributed by atoms with E-state index in [1.165, 1.54) is 24.2 Å². The smallest absolute Gasteiger partial charge is 0.174 e. The molecule has 3 heterocycles. The predicted molar refractivity (Wildman–Crippen MR) is 70.9 cm³/mol. The van der Waals surface area contributed by atoms with Crippen molar-refractivity contribution in [3.63, 3.8) is 0 Å². The maximum atomic E-state index is 12.1. The molecule has 0 amide bonds. The van der Waals surface area contributed by atoms with Gasteiger partial charge >= 0.3 is 0 Å². The second kappa shape index (κ2) is 4.71. The normalized spacial score (nSPS) is 31.7. The highest BCUT2D eigenvalue weighted by Gasteiger charge is 2.34. The molecule has 0 saturated carbocycles. The minimum Gasteiger partial charge on any atom is -0.311 e. The Bertz CT molecular complexity index is 419. The standard InChI is InChI=1S/C13H16ClNOS/c14-11-3-4-17-13(11)12(16)7-8-5-9-1-2-10(6-8)15-9/h3-4,8-10,15H,1-2,5-7H2. The number of piperidine rings is 1. The molecule has 17 heavy (non-hydrogen) atoms. The fraction of sp³-hybridized carbons (Fsp3) is 0.615. The van der Waals surface area contributed by atoms with Gasteiger partial charge in [-0.3, -0.25) is 4.79 Å². The SMILES string of the molecule is O=C(CC1CC2CCC(C1)N2)c1sccc1Cl. The number of ketones is 1. The number of carbonyl (C=O) groups excluding carboxylic acids is 1. The first kappa shape index (κ1) is 11.7. The van der Waals surface area contributed by atoms with Crippen LogP contribution >= 0.6 is 22.9 Å². The van der Waals surface area contributed by atoms with Crippen LogP contribution in [0.5, 0.6) is 0 Å². The lowest BCUT2D eigenvalue weighted by Gasteiger charge is -2.28. The molecule has 1 aromatic heterocycles. The van der Waals surface area contributed by atoms with Crippen LogP contribution in [-0.4, -0.2) is 17.9 Å². The number of halogens is 1. The Morgan fingerprint density at radius 2 is 2.12 bits per heavy atom. The van der Waals surface area contributed by atoms with Crippen LogP contribution in [0.25, 0.3) is 0 Å². The number of fused-ring (bicyclic) bond motifs is 2. The fourth-order valence-electron chi connectivity index (χ4n) is 3.19. The zero-order chi connectivity index (χ0) is 11.8. The molecule has 2 atom stereocenters. The molecule has 1 N–H and O–H groups in total. The first-order chi connectivity index (χ1) is 8.22. The van der Waals surface area contributed by atoms with E-state index in [9.17, 15) is 4.79 Å². The van der Waals surface area contributed by atoms with Crippen LogP contribution in [0.2, 0.25) is 5.02 Å². The molecule has 0 aliphatic carbocycles. The Morgan fingerprint density at radius 3 is 2.71 bits per heavy atom. The Hall–Kier alpha value is -0.380. The van der Waals surface area contributed by atoms with Crippen LogP contribution in [0, 0.1) is 5.92 Å². The summed E-state index contributed by atoms with van der Waals surface area (Å²) in [6.45, 7) is 0. The number of thiophene rings is 1. The number of Topliss-reactive ketones (excluding diaryl/α,β-unsaturated/α-hetero) is 1. The van der Waals surface area contributed by atoms with Gasteiger partial charge in [0.1, 0.15) is 0 Å².